The summed E-state index contributed by atoms with van der Waals surface area (Å²) in [5.41, 5.74) is -0.807. The summed E-state index contributed by atoms with van der Waals surface area (Å²) >= 11 is 0. The van der Waals surface area contributed by atoms with Crippen LogP contribution in [0.15, 0.2) is 12.5 Å². The van der Waals surface area contributed by atoms with Gasteiger partial charge in [-0.25, -0.2) is 9.78 Å². The Balaban J connectivity index is 1.98. The number of carbonyl (C=O) groups is 2. The molecule has 0 aliphatic carbocycles. The molecule has 0 spiro atoms. The summed E-state index contributed by atoms with van der Waals surface area (Å²) in [5.74, 6) is 0.0110. The third kappa shape index (κ3) is 7.32. The fourth-order valence-electron chi connectivity index (χ4n) is 3.30. The Hall–Kier alpha value is -2.13. The first kappa shape index (κ1) is 23.2. The van der Waals surface area contributed by atoms with Gasteiger partial charge in [0.2, 0.25) is 0 Å². The number of imidazole rings is 1. The Labute approximate surface area is 173 Å². The summed E-state index contributed by atoms with van der Waals surface area (Å²) < 4.78 is 12.3. The average molecular weight is 410 g/mol. The highest BCUT2D eigenvalue weighted by Gasteiger charge is 2.27. The zero-order chi connectivity index (χ0) is 21.7. The Bertz CT molecular complexity index is 689. The predicted octanol–water partition coefficient (Wildman–Crippen LogP) is 2.19. The zero-order valence-electron chi connectivity index (χ0n) is 18.4. The molecule has 1 aromatic rings. The number of likely N-dealkylation sites (tertiary alicyclic amines) is 1. The molecule has 2 rings (SSSR count). The highest BCUT2D eigenvalue weighted by atomic mass is 16.6. The van der Waals surface area contributed by atoms with Gasteiger partial charge in [-0.05, 0) is 60.5 Å². The lowest BCUT2D eigenvalue weighted by molar-refractivity contribution is -0.119. The number of amides is 2. The van der Waals surface area contributed by atoms with Gasteiger partial charge in [-0.2, -0.15) is 0 Å². The van der Waals surface area contributed by atoms with Gasteiger partial charge in [0.15, 0.2) is 5.82 Å². The monoisotopic (exact) mass is 409 g/mol. The van der Waals surface area contributed by atoms with E-state index in [2.05, 4.69) is 34.4 Å². The Morgan fingerprint density at radius 2 is 1.86 bits per heavy atom. The third-order valence-electron chi connectivity index (χ3n) is 4.68. The molecule has 2 N–H and O–H groups in total. The topological polar surface area (TPSA) is 97.7 Å². The first-order valence-electron chi connectivity index (χ1n) is 10.1. The number of hydrogen-bond acceptors (Lipinski definition) is 6. The molecule has 1 atom stereocenters. The van der Waals surface area contributed by atoms with E-state index >= 15 is 0 Å². The van der Waals surface area contributed by atoms with Crippen molar-refractivity contribution < 1.29 is 19.1 Å². The number of alkyl carbamates (subject to hydrolysis) is 1. The van der Waals surface area contributed by atoms with Crippen molar-refractivity contribution in [3.05, 3.63) is 12.5 Å². The lowest BCUT2D eigenvalue weighted by Gasteiger charge is -2.31. The number of rotatable bonds is 8. The van der Waals surface area contributed by atoms with Crippen molar-refractivity contribution in [2.45, 2.75) is 64.6 Å². The van der Waals surface area contributed by atoms with E-state index in [-0.39, 0.29) is 12.1 Å². The minimum absolute atomic E-state index is 0.0201. The summed E-state index contributed by atoms with van der Waals surface area (Å²) in [7, 11) is 1.46. The second-order valence-corrected chi connectivity index (χ2v) is 9.11. The maximum absolute atomic E-state index is 12.6. The number of nitrogens with zero attached hydrogens (tertiary/aromatic N) is 3. The largest absolute Gasteiger partial charge is 0.444 e. The molecule has 2 heterocycles. The number of anilines is 1. The molecule has 1 fully saturated rings. The fourth-order valence-corrected chi connectivity index (χ4v) is 3.30. The van der Waals surface area contributed by atoms with Crippen molar-refractivity contribution in [1.29, 1.82) is 0 Å². The Kier molecular flexibility index (Phi) is 7.65. The molecule has 9 nitrogen and oxygen atoms in total. The van der Waals surface area contributed by atoms with Crippen molar-refractivity contribution in [3.8, 4) is 0 Å². The van der Waals surface area contributed by atoms with Crippen LogP contribution in [0.1, 0.15) is 47.5 Å². The van der Waals surface area contributed by atoms with Crippen LogP contribution in [0.2, 0.25) is 0 Å². The summed E-state index contributed by atoms with van der Waals surface area (Å²) in [6.07, 6.45) is 5.34. The molecule has 1 aromatic heterocycles. The molecule has 2 amide bonds. The lowest BCUT2D eigenvalue weighted by Crippen LogP contribution is -2.48. The molecule has 164 valence electrons. The summed E-state index contributed by atoms with van der Waals surface area (Å²) in [6.45, 7) is 12.8. The van der Waals surface area contributed by atoms with Gasteiger partial charge in [0.05, 0.1) is 18.5 Å². The molecule has 1 aliphatic heterocycles. The molecular weight excluding hydrogens is 374 g/mol. The number of nitrogens with one attached hydrogen (secondary N) is 2. The third-order valence-corrected chi connectivity index (χ3v) is 4.68. The van der Waals surface area contributed by atoms with E-state index in [4.69, 9.17) is 9.47 Å². The zero-order valence-corrected chi connectivity index (χ0v) is 18.4. The lowest BCUT2D eigenvalue weighted by atomic mass is 10.1. The molecular formula is C20H35N5O4. The van der Waals surface area contributed by atoms with Crippen LogP contribution in [-0.2, 0) is 19.8 Å². The van der Waals surface area contributed by atoms with Gasteiger partial charge in [-0.1, -0.05) is 0 Å². The Morgan fingerprint density at radius 1 is 1.21 bits per heavy atom. The second kappa shape index (κ2) is 9.58. The molecule has 0 unspecified atom stereocenters. The minimum Gasteiger partial charge on any atom is -0.444 e. The number of methoxy groups -OCH3 is 1. The molecule has 29 heavy (non-hydrogen) atoms. The fraction of sp³-hybridized carbons (Fsp3) is 0.750. The molecule has 0 saturated carbocycles. The molecule has 0 bridgehead atoms. The number of hydrogen-bond donors (Lipinski definition) is 2. The van der Waals surface area contributed by atoms with E-state index in [9.17, 15) is 9.59 Å². The average Bonchev–Trinajstić information content (AvgIpc) is 3.24. The van der Waals surface area contributed by atoms with E-state index in [1.807, 2.05) is 10.8 Å². The van der Waals surface area contributed by atoms with Crippen LogP contribution < -0.4 is 10.6 Å². The van der Waals surface area contributed by atoms with E-state index in [0.29, 0.717) is 5.82 Å². The standard InChI is InChI=1S/C20H35N5O4/c1-19(2,3)29-18(27)22-15(12-28-6)17(26)23-16-11-25(14-21-16)20(4,5)13-24-9-7-8-10-24/h11,14-15H,7-10,12-13H2,1-6H3,(H,22,27)(H,23,26)/t15-/m0/s1. The number of ether oxygens (including phenoxy) is 2. The van der Waals surface area contributed by atoms with Crippen molar-refractivity contribution in [2.75, 3.05) is 38.7 Å². The van der Waals surface area contributed by atoms with Gasteiger partial charge in [-0.3, -0.25) is 4.79 Å². The SMILES string of the molecule is COC[C@H](NC(=O)OC(C)(C)C)C(=O)Nc1cn(C(C)(C)CN2CCCC2)cn1. The normalized spacial score (nSPS) is 16.5. The van der Waals surface area contributed by atoms with E-state index in [1.54, 1.807) is 27.1 Å². The minimum atomic E-state index is -0.891. The summed E-state index contributed by atoms with van der Waals surface area (Å²) in [4.78, 5) is 31.4. The summed E-state index contributed by atoms with van der Waals surface area (Å²) in [6, 6.07) is -0.891. The maximum atomic E-state index is 12.6. The van der Waals surface area contributed by atoms with Crippen LogP contribution in [0.3, 0.4) is 0 Å². The molecule has 9 heteroatoms. The van der Waals surface area contributed by atoms with Crippen molar-refractivity contribution in [2.24, 2.45) is 0 Å². The molecule has 1 saturated heterocycles. The molecule has 0 aromatic carbocycles. The molecule has 0 radical (unpaired) electrons. The van der Waals surface area contributed by atoms with Gasteiger partial charge in [0.1, 0.15) is 11.6 Å². The number of aromatic nitrogens is 2. The second-order valence-electron chi connectivity index (χ2n) is 9.11. The van der Waals surface area contributed by atoms with Gasteiger partial charge in [0, 0.05) is 19.9 Å². The van der Waals surface area contributed by atoms with Crippen molar-refractivity contribution in [3.63, 3.8) is 0 Å². The van der Waals surface area contributed by atoms with Crippen LogP contribution in [-0.4, -0.2) is 71.4 Å². The van der Waals surface area contributed by atoms with E-state index in [0.717, 1.165) is 19.6 Å². The van der Waals surface area contributed by atoms with Crippen LogP contribution in [0, 0.1) is 0 Å². The predicted molar refractivity (Wildman–Crippen MR) is 111 cm³/mol. The first-order chi connectivity index (χ1) is 13.5. The summed E-state index contributed by atoms with van der Waals surface area (Å²) in [5, 5.41) is 5.29. The van der Waals surface area contributed by atoms with Crippen LogP contribution in [0.25, 0.3) is 0 Å². The van der Waals surface area contributed by atoms with Crippen LogP contribution in [0.5, 0.6) is 0 Å². The van der Waals surface area contributed by atoms with Gasteiger partial charge >= 0.3 is 6.09 Å². The quantitative estimate of drug-likeness (QED) is 0.683. The van der Waals surface area contributed by atoms with E-state index < -0.39 is 23.6 Å². The van der Waals surface area contributed by atoms with Crippen LogP contribution in [0.4, 0.5) is 10.6 Å². The van der Waals surface area contributed by atoms with Gasteiger partial charge in [-0.15, -0.1) is 0 Å². The highest BCUT2D eigenvalue weighted by Crippen LogP contribution is 2.21. The van der Waals surface area contributed by atoms with Gasteiger partial charge in [0.25, 0.3) is 5.91 Å². The van der Waals surface area contributed by atoms with Crippen molar-refractivity contribution >= 4 is 17.8 Å². The highest BCUT2D eigenvalue weighted by molar-refractivity contribution is 5.95. The van der Waals surface area contributed by atoms with E-state index in [1.165, 1.54) is 20.0 Å². The van der Waals surface area contributed by atoms with Gasteiger partial charge < -0.3 is 29.6 Å². The molecule has 1 aliphatic rings. The smallest absolute Gasteiger partial charge is 0.408 e. The Morgan fingerprint density at radius 3 is 2.45 bits per heavy atom. The van der Waals surface area contributed by atoms with Crippen LogP contribution >= 0.6 is 0 Å². The van der Waals surface area contributed by atoms with Crippen molar-refractivity contribution in [1.82, 2.24) is 19.8 Å². The first-order valence-corrected chi connectivity index (χ1v) is 10.1. The number of carbonyl (C=O) groups excluding carboxylic acids is 2. The maximum Gasteiger partial charge on any atom is 0.408 e.